The molecule has 30 heavy (non-hydrogen) atoms. The number of anilines is 1. The standard InChI is InChI=1S/C21H19N7O2/c22-19(29)14-7-4-8-17-18(14)26-27-28(17)21-24-16-9-10-30-12-15(16)20(25-21)23-11-13-5-2-1-3-6-13/h1-8H,9-12H2,(H2,22,29)(H,23,24,25). The number of fused-ring (bicyclic) bond motifs is 2. The Morgan fingerprint density at radius 1 is 1.13 bits per heavy atom. The summed E-state index contributed by atoms with van der Waals surface area (Å²) in [4.78, 5) is 21.1. The van der Waals surface area contributed by atoms with Crippen molar-refractivity contribution in [2.24, 2.45) is 5.73 Å². The van der Waals surface area contributed by atoms with Crippen molar-refractivity contribution in [2.45, 2.75) is 19.6 Å². The third kappa shape index (κ3) is 3.25. The number of carbonyl (C=O) groups is 1. The van der Waals surface area contributed by atoms with E-state index < -0.39 is 5.91 Å². The fraction of sp³-hybridized carbons (Fsp3) is 0.190. The van der Waals surface area contributed by atoms with Crippen LogP contribution in [0, 0.1) is 0 Å². The predicted molar refractivity (Wildman–Crippen MR) is 110 cm³/mol. The second kappa shape index (κ2) is 7.53. The molecule has 0 saturated carbocycles. The highest BCUT2D eigenvalue weighted by atomic mass is 16.5. The Kier molecular flexibility index (Phi) is 4.56. The maximum Gasteiger partial charge on any atom is 0.254 e. The molecule has 0 aliphatic carbocycles. The van der Waals surface area contributed by atoms with E-state index in [0.717, 1.165) is 16.8 Å². The van der Waals surface area contributed by atoms with Crippen molar-refractivity contribution in [1.29, 1.82) is 0 Å². The highest BCUT2D eigenvalue weighted by Gasteiger charge is 2.21. The van der Waals surface area contributed by atoms with Gasteiger partial charge in [0.05, 0.1) is 30.0 Å². The van der Waals surface area contributed by atoms with Crippen LogP contribution in [0.2, 0.25) is 0 Å². The number of primary amides is 1. The first-order valence-corrected chi connectivity index (χ1v) is 9.60. The number of ether oxygens (including phenoxy) is 1. The van der Waals surface area contributed by atoms with Crippen molar-refractivity contribution in [2.75, 3.05) is 11.9 Å². The molecule has 4 aromatic rings. The fourth-order valence-electron chi connectivity index (χ4n) is 3.53. The smallest absolute Gasteiger partial charge is 0.254 e. The first-order valence-electron chi connectivity index (χ1n) is 9.60. The average Bonchev–Trinajstić information content (AvgIpc) is 3.22. The van der Waals surface area contributed by atoms with Gasteiger partial charge < -0.3 is 15.8 Å². The molecule has 2 aromatic heterocycles. The first kappa shape index (κ1) is 18.2. The van der Waals surface area contributed by atoms with E-state index in [1.165, 1.54) is 4.68 Å². The Bertz CT molecular complexity index is 1240. The van der Waals surface area contributed by atoms with Gasteiger partial charge in [0.2, 0.25) is 0 Å². The van der Waals surface area contributed by atoms with Crippen LogP contribution in [-0.4, -0.2) is 37.5 Å². The van der Waals surface area contributed by atoms with E-state index in [1.807, 2.05) is 36.4 Å². The van der Waals surface area contributed by atoms with Gasteiger partial charge in [0.15, 0.2) is 0 Å². The van der Waals surface area contributed by atoms with Gasteiger partial charge in [-0.05, 0) is 17.7 Å². The SMILES string of the molecule is NC(=O)c1cccc2c1nnn2-c1nc2c(c(NCc3ccccc3)n1)COCC2. The van der Waals surface area contributed by atoms with Crippen LogP contribution in [0.5, 0.6) is 0 Å². The van der Waals surface area contributed by atoms with Crippen LogP contribution in [0.25, 0.3) is 17.0 Å². The van der Waals surface area contributed by atoms with E-state index in [4.69, 9.17) is 20.4 Å². The highest BCUT2D eigenvalue weighted by Crippen LogP contribution is 2.25. The molecule has 1 aliphatic rings. The van der Waals surface area contributed by atoms with Crippen LogP contribution >= 0.6 is 0 Å². The van der Waals surface area contributed by atoms with Crippen molar-refractivity contribution < 1.29 is 9.53 Å². The van der Waals surface area contributed by atoms with Crippen molar-refractivity contribution in [3.8, 4) is 5.95 Å². The minimum atomic E-state index is -0.554. The normalized spacial score (nSPS) is 13.2. The number of rotatable bonds is 5. The largest absolute Gasteiger partial charge is 0.376 e. The summed E-state index contributed by atoms with van der Waals surface area (Å²) >= 11 is 0. The Morgan fingerprint density at radius 2 is 2.00 bits per heavy atom. The molecular weight excluding hydrogens is 382 g/mol. The molecule has 0 atom stereocenters. The first-order chi connectivity index (χ1) is 14.7. The van der Waals surface area contributed by atoms with Gasteiger partial charge in [-0.3, -0.25) is 4.79 Å². The number of nitrogens with two attached hydrogens (primary N) is 1. The molecule has 0 spiro atoms. The lowest BCUT2D eigenvalue weighted by Crippen LogP contribution is -2.19. The van der Waals surface area contributed by atoms with Crippen molar-refractivity contribution >= 4 is 22.8 Å². The topological polar surface area (TPSA) is 121 Å². The molecular formula is C21H19N7O2. The van der Waals surface area contributed by atoms with E-state index in [0.29, 0.717) is 54.5 Å². The van der Waals surface area contributed by atoms with Gasteiger partial charge >= 0.3 is 0 Å². The van der Waals surface area contributed by atoms with Gasteiger partial charge in [-0.15, -0.1) is 5.10 Å². The second-order valence-electron chi connectivity index (χ2n) is 6.98. The molecule has 0 bridgehead atoms. The minimum Gasteiger partial charge on any atom is -0.376 e. The van der Waals surface area contributed by atoms with Crippen LogP contribution in [0.1, 0.15) is 27.2 Å². The molecule has 0 unspecified atom stereocenters. The number of carbonyl (C=O) groups excluding carboxylic acids is 1. The summed E-state index contributed by atoms with van der Waals surface area (Å²) in [5.41, 5.74) is 9.82. The molecule has 9 nitrogen and oxygen atoms in total. The van der Waals surface area contributed by atoms with Crippen LogP contribution < -0.4 is 11.1 Å². The molecule has 1 amide bonds. The van der Waals surface area contributed by atoms with Gasteiger partial charge in [-0.2, -0.15) is 9.67 Å². The van der Waals surface area contributed by atoms with Crippen LogP contribution in [0.4, 0.5) is 5.82 Å². The zero-order chi connectivity index (χ0) is 20.5. The zero-order valence-electron chi connectivity index (χ0n) is 16.1. The lowest BCUT2D eigenvalue weighted by atomic mass is 10.1. The van der Waals surface area contributed by atoms with Crippen molar-refractivity contribution in [3.63, 3.8) is 0 Å². The number of nitrogens with zero attached hydrogens (tertiary/aromatic N) is 5. The fourth-order valence-corrected chi connectivity index (χ4v) is 3.53. The minimum absolute atomic E-state index is 0.313. The second-order valence-corrected chi connectivity index (χ2v) is 6.98. The van der Waals surface area contributed by atoms with Gasteiger partial charge in [-0.25, -0.2) is 4.98 Å². The third-order valence-corrected chi connectivity index (χ3v) is 5.05. The number of amides is 1. The summed E-state index contributed by atoms with van der Waals surface area (Å²) in [6.07, 6.45) is 0.685. The monoisotopic (exact) mass is 401 g/mol. The maximum absolute atomic E-state index is 11.7. The number of hydrogen-bond acceptors (Lipinski definition) is 7. The summed E-state index contributed by atoms with van der Waals surface area (Å²) in [5.74, 6) is 0.532. The predicted octanol–water partition coefficient (Wildman–Crippen LogP) is 1.99. The van der Waals surface area contributed by atoms with Crippen molar-refractivity contribution in [3.05, 3.63) is 70.9 Å². The lowest BCUT2D eigenvalue weighted by molar-refractivity contribution is 0.100. The average molecular weight is 401 g/mol. The van der Waals surface area contributed by atoms with E-state index in [-0.39, 0.29) is 0 Å². The number of nitrogens with one attached hydrogen (secondary N) is 1. The Hall–Kier alpha value is -3.85. The molecule has 0 saturated heterocycles. The van der Waals surface area contributed by atoms with Gasteiger partial charge in [0.1, 0.15) is 11.3 Å². The Morgan fingerprint density at radius 3 is 2.83 bits per heavy atom. The van der Waals surface area contributed by atoms with E-state index in [9.17, 15) is 4.79 Å². The molecule has 0 fully saturated rings. The summed E-state index contributed by atoms with van der Waals surface area (Å²) in [6, 6.07) is 15.3. The molecule has 5 rings (SSSR count). The third-order valence-electron chi connectivity index (χ3n) is 5.05. The van der Waals surface area contributed by atoms with Gasteiger partial charge in [0, 0.05) is 18.5 Å². The van der Waals surface area contributed by atoms with Crippen molar-refractivity contribution in [1.82, 2.24) is 25.0 Å². The van der Waals surface area contributed by atoms with Gasteiger partial charge in [0.25, 0.3) is 11.9 Å². The van der Waals surface area contributed by atoms with Crippen LogP contribution in [0.15, 0.2) is 48.5 Å². The molecule has 3 N–H and O–H groups in total. The molecule has 2 aromatic carbocycles. The molecule has 9 heteroatoms. The highest BCUT2D eigenvalue weighted by molar-refractivity contribution is 6.04. The summed E-state index contributed by atoms with van der Waals surface area (Å²) in [6.45, 7) is 1.68. The molecule has 0 radical (unpaired) electrons. The molecule has 1 aliphatic heterocycles. The number of aromatic nitrogens is 5. The summed E-state index contributed by atoms with van der Waals surface area (Å²) in [5, 5.41) is 11.7. The number of hydrogen-bond donors (Lipinski definition) is 2. The van der Waals surface area contributed by atoms with E-state index in [2.05, 4.69) is 15.6 Å². The summed E-state index contributed by atoms with van der Waals surface area (Å²) in [7, 11) is 0. The quantitative estimate of drug-likeness (QED) is 0.524. The van der Waals surface area contributed by atoms with Gasteiger partial charge in [-0.1, -0.05) is 41.6 Å². The summed E-state index contributed by atoms with van der Waals surface area (Å²) < 4.78 is 7.16. The number of benzene rings is 2. The zero-order valence-corrected chi connectivity index (χ0v) is 16.1. The Balaban J connectivity index is 1.58. The Labute approximate surface area is 171 Å². The maximum atomic E-state index is 11.7. The van der Waals surface area contributed by atoms with E-state index >= 15 is 0 Å². The molecule has 3 heterocycles. The van der Waals surface area contributed by atoms with E-state index in [1.54, 1.807) is 12.1 Å². The molecule has 150 valence electrons. The lowest BCUT2D eigenvalue weighted by Gasteiger charge is -2.20. The van der Waals surface area contributed by atoms with Crippen LogP contribution in [0.3, 0.4) is 0 Å². The van der Waals surface area contributed by atoms with Crippen LogP contribution in [-0.2, 0) is 24.3 Å².